The molecule has 2 aliphatic heterocycles. The number of rotatable bonds is 3. The molecule has 0 unspecified atom stereocenters. The van der Waals surface area contributed by atoms with Gasteiger partial charge in [-0.2, -0.15) is 0 Å². The molecular formula is C24H29FN6O3S. The number of nitrogens with one attached hydrogen (secondary N) is 2. The van der Waals surface area contributed by atoms with E-state index in [9.17, 15) is 18.8 Å². The van der Waals surface area contributed by atoms with Crippen LogP contribution in [0.4, 0.5) is 4.39 Å². The summed E-state index contributed by atoms with van der Waals surface area (Å²) in [6, 6.07) is 5.80. The van der Waals surface area contributed by atoms with Gasteiger partial charge in [0.25, 0.3) is 11.8 Å². The number of carbonyl (C=O) groups excluding carboxylic acids is 3. The number of hydrogen-bond donors (Lipinski definition) is 3. The van der Waals surface area contributed by atoms with E-state index in [1.165, 1.54) is 34.4 Å². The molecule has 0 spiro atoms. The summed E-state index contributed by atoms with van der Waals surface area (Å²) in [6.07, 6.45) is 2.77. The number of amides is 3. The third kappa shape index (κ3) is 6.04. The number of likely N-dealkylation sites (N-methyl/N-ethyl adjacent to an activating group) is 1. The highest BCUT2D eigenvalue weighted by molar-refractivity contribution is 7.13. The van der Waals surface area contributed by atoms with Crippen LogP contribution in [0.25, 0.3) is 10.9 Å². The molecule has 0 aliphatic carbocycles. The lowest BCUT2D eigenvalue weighted by molar-refractivity contribution is -0.130. The van der Waals surface area contributed by atoms with Crippen molar-refractivity contribution in [3.63, 3.8) is 0 Å². The van der Waals surface area contributed by atoms with Gasteiger partial charge in [-0.05, 0) is 44.2 Å². The normalized spacial score (nSPS) is 17.9. The molecule has 1 atom stereocenters. The van der Waals surface area contributed by atoms with Crippen molar-refractivity contribution in [3.05, 3.63) is 51.4 Å². The van der Waals surface area contributed by atoms with Crippen LogP contribution in [-0.2, 0) is 17.8 Å². The maximum absolute atomic E-state index is 12.7. The lowest BCUT2D eigenvalue weighted by Crippen LogP contribution is -2.49. The minimum atomic E-state index is -0.545. The number of aromatic nitrogens is 2. The van der Waals surface area contributed by atoms with E-state index in [0.29, 0.717) is 28.1 Å². The fourth-order valence-electron chi connectivity index (χ4n) is 4.28. The lowest BCUT2D eigenvalue weighted by Gasteiger charge is -2.32. The highest BCUT2D eigenvalue weighted by atomic mass is 32.1. The number of carbonyl (C=O) groups is 3. The fraction of sp³-hybridized carbons (Fsp3) is 0.417. The first-order valence-electron chi connectivity index (χ1n) is 11.5. The molecule has 11 heteroatoms. The number of likely N-dealkylation sites (tertiary alicyclic amines) is 1. The molecule has 9 nitrogen and oxygen atoms in total. The minimum Gasteiger partial charge on any atom is -0.364 e. The van der Waals surface area contributed by atoms with Gasteiger partial charge in [-0.3, -0.25) is 14.4 Å². The quantitative estimate of drug-likeness (QED) is 0.509. The molecule has 2 aliphatic rings. The molecule has 0 saturated carbocycles. The van der Waals surface area contributed by atoms with Crippen molar-refractivity contribution >= 4 is 40.0 Å². The van der Waals surface area contributed by atoms with Crippen LogP contribution >= 0.6 is 11.3 Å². The molecule has 3 amide bonds. The van der Waals surface area contributed by atoms with E-state index >= 15 is 0 Å². The Morgan fingerprint density at radius 2 is 2.06 bits per heavy atom. The third-order valence-electron chi connectivity index (χ3n) is 6.17. The van der Waals surface area contributed by atoms with Crippen LogP contribution in [0.15, 0.2) is 24.3 Å². The Balaban J connectivity index is 0.000000189. The van der Waals surface area contributed by atoms with Crippen molar-refractivity contribution in [1.29, 1.82) is 0 Å². The molecule has 3 aromatic rings. The van der Waals surface area contributed by atoms with Gasteiger partial charge in [-0.15, -0.1) is 11.3 Å². The standard InChI is InChI=1S/C15H22N4O2S.C9H7FN2O/c1-10(20)19-6-3-4-11(8-19)16-14(21)15-17-12-5-7-18(2)9-13(12)22-15;10-6-1-2-7-5(3-6)4-8(12-7)9(11)13/h11H,3-9H2,1-2H3,(H,16,21);1-4,12H,(H2,11,13)/t11-;/m0./s1. The average molecular weight is 501 g/mol. The molecule has 1 fully saturated rings. The van der Waals surface area contributed by atoms with E-state index in [1.807, 2.05) is 0 Å². The summed E-state index contributed by atoms with van der Waals surface area (Å²) in [5.41, 5.74) is 7.12. The van der Waals surface area contributed by atoms with Crippen molar-refractivity contribution in [3.8, 4) is 0 Å². The fourth-order valence-corrected chi connectivity index (χ4v) is 5.38. The Kier molecular flexibility index (Phi) is 7.46. The molecular weight excluding hydrogens is 471 g/mol. The molecule has 5 rings (SSSR count). The monoisotopic (exact) mass is 500 g/mol. The van der Waals surface area contributed by atoms with Crippen molar-refractivity contribution < 1.29 is 18.8 Å². The van der Waals surface area contributed by atoms with Crippen LogP contribution < -0.4 is 11.1 Å². The van der Waals surface area contributed by atoms with Gasteiger partial charge >= 0.3 is 0 Å². The van der Waals surface area contributed by atoms with Gasteiger partial charge < -0.3 is 25.8 Å². The van der Waals surface area contributed by atoms with Crippen molar-refractivity contribution in [2.24, 2.45) is 5.73 Å². The van der Waals surface area contributed by atoms with Crippen LogP contribution in [-0.4, -0.2) is 70.2 Å². The summed E-state index contributed by atoms with van der Waals surface area (Å²) in [4.78, 5) is 47.2. The zero-order valence-electron chi connectivity index (χ0n) is 19.8. The van der Waals surface area contributed by atoms with E-state index < -0.39 is 5.91 Å². The van der Waals surface area contributed by atoms with E-state index in [2.05, 4.69) is 27.2 Å². The Morgan fingerprint density at radius 1 is 1.26 bits per heavy atom. The summed E-state index contributed by atoms with van der Waals surface area (Å²) < 4.78 is 12.7. The number of aromatic amines is 1. The molecule has 4 N–H and O–H groups in total. The number of primary amides is 1. The highest BCUT2D eigenvalue weighted by Crippen LogP contribution is 2.24. The van der Waals surface area contributed by atoms with Gasteiger partial charge in [0, 0.05) is 61.3 Å². The van der Waals surface area contributed by atoms with Gasteiger partial charge in [0.05, 0.1) is 5.69 Å². The molecule has 1 saturated heterocycles. The topological polar surface area (TPSA) is 124 Å². The number of H-pyrrole nitrogens is 1. The number of fused-ring (bicyclic) bond motifs is 2. The minimum absolute atomic E-state index is 0.0359. The van der Waals surface area contributed by atoms with Crippen LogP contribution in [0.2, 0.25) is 0 Å². The lowest BCUT2D eigenvalue weighted by atomic mass is 10.1. The summed E-state index contributed by atoms with van der Waals surface area (Å²) in [5.74, 6) is -0.900. The number of hydrogen-bond acceptors (Lipinski definition) is 6. The zero-order valence-corrected chi connectivity index (χ0v) is 20.6. The van der Waals surface area contributed by atoms with Gasteiger partial charge in [0.15, 0.2) is 5.01 Å². The van der Waals surface area contributed by atoms with Gasteiger partial charge in [-0.1, -0.05) is 0 Å². The maximum atomic E-state index is 12.7. The molecule has 0 radical (unpaired) electrons. The number of thiazole rings is 1. The number of benzene rings is 1. The zero-order chi connectivity index (χ0) is 25.1. The van der Waals surface area contributed by atoms with Gasteiger partial charge in [0.2, 0.25) is 5.91 Å². The molecule has 186 valence electrons. The summed E-state index contributed by atoms with van der Waals surface area (Å²) >= 11 is 1.50. The van der Waals surface area contributed by atoms with Crippen molar-refractivity contribution in [1.82, 2.24) is 25.1 Å². The largest absolute Gasteiger partial charge is 0.364 e. The van der Waals surface area contributed by atoms with Crippen molar-refractivity contribution in [2.75, 3.05) is 26.7 Å². The number of halogens is 1. The molecule has 4 heterocycles. The van der Waals surface area contributed by atoms with Crippen molar-refractivity contribution in [2.45, 2.75) is 38.8 Å². The SMILES string of the molecule is CC(=O)N1CCC[C@H](NC(=O)c2nc3c(s2)CN(C)CC3)C1.NC(=O)c1cc2cc(F)ccc2[nH]1. The second-order valence-electron chi connectivity index (χ2n) is 8.93. The number of nitrogens with zero attached hydrogens (tertiary/aromatic N) is 3. The van der Waals surface area contributed by atoms with Gasteiger partial charge in [-0.25, -0.2) is 9.37 Å². The Hall–Kier alpha value is -3.31. The molecule has 2 aromatic heterocycles. The summed E-state index contributed by atoms with van der Waals surface area (Å²) in [5, 5.41) is 4.24. The Bertz CT molecular complexity index is 1260. The smallest absolute Gasteiger partial charge is 0.280 e. The summed E-state index contributed by atoms with van der Waals surface area (Å²) in [7, 11) is 2.08. The first kappa shape index (κ1) is 24.8. The van der Waals surface area contributed by atoms with E-state index in [0.717, 1.165) is 44.6 Å². The van der Waals surface area contributed by atoms with Crippen LogP contribution in [0.3, 0.4) is 0 Å². The van der Waals surface area contributed by atoms with E-state index in [4.69, 9.17) is 5.73 Å². The predicted octanol–water partition coefficient (Wildman–Crippen LogP) is 2.28. The van der Waals surface area contributed by atoms with Crippen LogP contribution in [0.1, 0.15) is 50.6 Å². The summed E-state index contributed by atoms with van der Waals surface area (Å²) in [6.45, 7) is 4.85. The predicted molar refractivity (Wildman–Crippen MR) is 132 cm³/mol. The third-order valence-corrected chi connectivity index (χ3v) is 7.25. The van der Waals surface area contributed by atoms with E-state index in [1.54, 1.807) is 17.9 Å². The number of nitrogens with two attached hydrogens (primary N) is 1. The average Bonchev–Trinajstić information content (AvgIpc) is 3.43. The second-order valence-corrected chi connectivity index (χ2v) is 10.0. The highest BCUT2D eigenvalue weighted by Gasteiger charge is 2.26. The molecule has 35 heavy (non-hydrogen) atoms. The first-order chi connectivity index (χ1) is 16.7. The second kappa shape index (κ2) is 10.5. The van der Waals surface area contributed by atoms with Crippen LogP contribution in [0.5, 0.6) is 0 Å². The molecule has 0 bridgehead atoms. The maximum Gasteiger partial charge on any atom is 0.280 e. The van der Waals surface area contributed by atoms with Gasteiger partial charge in [0.1, 0.15) is 11.5 Å². The van der Waals surface area contributed by atoms with E-state index in [-0.39, 0.29) is 23.7 Å². The Labute approximate surface area is 206 Å². The van der Waals surface area contributed by atoms with Crippen LogP contribution in [0, 0.1) is 5.82 Å². The Morgan fingerprint density at radius 3 is 2.80 bits per heavy atom. The molecule has 1 aromatic carbocycles. The first-order valence-corrected chi connectivity index (χ1v) is 12.3. The number of piperidine rings is 1.